The van der Waals surface area contributed by atoms with Gasteiger partial charge in [-0.05, 0) is 12.3 Å². The molecule has 3 N–H and O–H groups in total. The lowest BCUT2D eigenvalue weighted by Crippen LogP contribution is -2.18. The van der Waals surface area contributed by atoms with Crippen molar-refractivity contribution in [3.8, 4) is 0 Å². The summed E-state index contributed by atoms with van der Waals surface area (Å²) in [7, 11) is 0. The predicted octanol–water partition coefficient (Wildman–Crippen LogP) is 0.324. The molecular weight excluding hydrogens is 234 g/mol. The summed E-state index contributed by atoms with van der Waals surface area (Å²) in [6.07, 6.45) is 3.80. The average molecular weight is 249 g/mol. The van der Waals surface area contributed by atoms with Gasteiger partial charge in [0.1, 0.15) is 11.7 Å². The van der Waals surface area contributed by atoms with Crippen molar-refractivity contribution in [1.29, 1.82) is 0 Å². The van der Waals surface area contributed by atoms with E-state index in [1.807, 2.05) is 4.57 Å². The molecular formula is C11H15N5O2. The van der Waals surface area contributed by atoms with Crippen LogP contribution in [0.15, 0.2) is 12.5 Å². The van der Waals surface area contributed by atoms with Crippen LogP contribution in [-0.2, 0) is 4.74 Å². The number of anilines is 1. The lowest BCUT2D eigenvalue weighted by atomic mass is 10.0. The molecule has 2 aromatic heterocycles. The number of aromatic nitrogens is 4. The lowest BCUT2D eigenvalue weighted by Gasteiger charge is -2.13. The topological polar surface area (TPSA) is 99.1 Å². The molecule has 1 aliphatic heterocycles. The van der Waals surface area contributed by atoms with Crippen LogP contribution in [0.4, 0.5) is 5.95 Å². The molecule has 1 unspecified atom stereocenters. The van der Waals surface area contributed by atoms with E-state index < -0.39 is 0 Å². The SMILES string of the molecule is CC1C[C@@H](n2cnc3cnc(N)nc32)O[C@@H]1CO. The highest BCUT2D eigenvalue weighted by Crippen LogP contribution is 2.34. The quantitative estimate of drug-likeness (QED) is 0.795. The first kappa shape index (κ1) is 11.4. The van der Waals surface area contributed by atoms with Crippen LogP contribution in [0.2, 0.25) is 0 Å². The minimum absolute atomic E-state index is 0.0292. The third-order valence-corrected chi connectivity index (χ3v) is 3.36. The molecule has 0 amide bonds. The van der Waals surface area contributed by atoms with Crippen molar-refractivity contribution in [3.05, 3.63) is 12.5 Å². The van der Waals surface area contributed by atoms with Gasteiger partial charge in [0.25, 0.3) is 0 Å². The zero-order valence-corrected chi connectivity index (χ0v) is 10.0. The molecule has 0 bridgehead atoms. The predicted molar refractivity (Wildman–Crippen MR) is 64.5 cm³/mol. The highest BCUT2D eigenvalue weighted by atomic mass is 16.5. The summed E-state index contributed by atoms with van der Waals surface area (Å²) in [5.41, 5.74) is 6.94. The van der Waals surface area contributed by atoms with Crippen LogP contribution in [-0.4, -0.2) is 37.3 Å². The van der Waals surface area contributed by atoms with Gasteiger partial charge in [-0.25, -0.2) is 9.97 Å². The van der Waals surface area contributed by atoms with Crippen LogP contribution < -0.4 is 5.73 Å². The minimum atomic E-state index is -0.156. The maximum absolute atomic E-state index is 9.21. The van der Waals surface area contributed by atoms with E-state index in [0.717, 1.165) is 6.42 Å². The Bertz CT molecular complexity index is 570. The normalized spacial score (nSPS) is 28.0. The highest BCUT2D eigenvalue weighted by Gasteiger charge is 2.33. The number of imidazole rings is 1. The second-order valence-corrected chi connectivity index (χ2v) is 4.61. The summed E-state index contributed by atoms with van der Waals surface area (Å²) in [6, 6.07) is 0. The fourth-order valence-corrected chi connectivity index (χ4v) is 2.31. The number of hydrogen-bond acceptors (Lipinski definition) is 6. The van der Waals surface area contributed by atoms with Gasteiger partial charge >= 0.3 is 0 Å². The van der Waals surface area contributed by atoms with E-state index in [1.54, 1.807) is 12.5 Å². The lowest BCUT2D eigenvalue weighted by molar-refractivity contribution is -0.0277. The molecule has 3 rings (SSSR count). The largest absolute Gasteiger partial charge is 0.394 e. The van der Waals surface area contributed by atoms with Gasteiger partial charge in [0.2, 0.25) is 5.95 Å². The number of rotatable bonds is 2. The molecule has 0 aliphatic carbocycles. The Kier molecular flexibility index (Phi) is 2.64. The number of fused-ring (bicyclic) bond motifs is 1. The molecule has 0 saturated carbocycles. The van der Waals surface area contributed by atoms with Crippen LogP contribution in [0.1, 0.15) is 19.6 Å². The molecule has 1 aliphatic rings. The summed E-state index contributed by atoms with van der Waals surface area (Å²) in [5.74, 6) is 0.519. The Morgan fingerprint density at radius 1 is 1.56 bits per heavy atom. The third-order valence-electron chi connectivity index (χ3n) is 3.36. The Hall–Kier alpha value is -1.73. The van der Waals surface area contributed by atoms with E-state index in [4.69, 9.17) is 10.5 Å². The summed E-state index contributed by atoms with van der Waals surface area (Å²) >= 11 is 0. The van der Waals surface area contributed by atoms with Gasteiger partial charge in [-0.15, -0.1) is 0 Å². The number of nitrogens with two attached hydrogens (primary N) is 1. The van der Waals surface area contributed by atoms with Crippen molar-refractivity contribution < 1.29 is 9.84 Å². The van der Waals surface area contributed by atoms with Gasteiger partial charge in [-0.1, -0.05) is 6.92 Å². The number of aliphatic hydroxyl groups excluding tert-OH is 1. The smallest absolute Gasteiger partial charge is 0.222 e. The van der Waals surface area contributed by atoms with Gasteiger partial charge in [0.05, 0.1) is 25.2 Å². The van der Waals surface area contributed by atoms with Gasteiger partial charge in [-0.3, -0.25) is 4.57 Å². The van der Waals surface area contributed by atoms with E-state index in [0.29, 0.717) is 17.1 Å². The van der Waals surface area contributed by atoms with Crippen LogP contribution in [0.5, 0.6) is 0 Å². The Morgan fingerprint density at radius 2 is 2.39 bits per heavy atom. The Labute approximate surface area is 104 Å². The average Bonchev–Trinajstić information content (AvgIpc) is 2.91. The monoisotopic (exact) mass is 249 g/mol. The molecule has 7 heteroatoms. The van der Waals surface area contributed by atoms with E-state index in [1.165, 1.54) is 0 Å². The summed E-state index contributed by atoms with van der Waals surface area (Å²) in [5, 5.41) is 9.21. The number of hydrogen-bond donors (Lipinski definition) is 2. The van der Waals surface area contributed by atoms with Crippen LogP contribution in [0.25, 0.3) is 11.2 Å². The molecule has 1 fully saturated rings. The second kappa shape index (κ2) is 4.18. The zero-order valence-electron chi connectivity index (χ0n) is 10.0. The molecule has 3 heterocycles. The number of nitrogen functional groups attached to an aromatic ring is 1. The van der Waals surface area contributed by atoms with Crippen molar-refractivity contribution in [2.24, 2.45) is 5.92 Å². The summed E-state index contributed by atoms with van der Waals surface area (Å²) < 4.78 is 7.63. The molecule has 18 heavy (non-hydrogen) atoms. The summed E-state index contributed by atoms with van der Waals surface area (Å²) in [6.45, 7) is 2.09. The first-order valence-corrected chi connectivity index (χ1v) is 5.90. The molecule has 1 saturated heterocycles. The van der Waals surface area contributed by atoms with E-state index in [-0.39, 0.29) is 24.9 Å². The van der Waals surface area contributed by atoms with Crippen molar-refractivity contribution in [2.45, 2.75) is 25.7 Å². The van der Waals surface area contributed by atoms with Gasteiger partial charge in [0, 0.05) is 0 Å². The fourth-order valence-electron chi connectivity index (χ4n) is 2.31. The molecule has 0 spiro atoms. The molecule has 3 atom stereocenters. The third kappa shape index (κ3) is 1.72. The van der Waals surface area contributed by atoms with Crippen LogP contribution >= 0.6 is 0 Å². The van der Waals surface area contributed by atoms with Gasteiger partial charge < -0.3 is 15.6 Å². The zero-order chi connectivity index (χ0) is 12.7. The highest BCUT2D eigenvalue weighted by molar-refractivity contribution is 5.70. The minimum Gasteiger partial charge on any atom is -0.394 e. The van der Waals surface area contributed by atoms with Crippen LogP contribution in [0.3, 0.4) is 0 Å². The van der Waals surface area contributed by atoms with Crippen molar-refractivity contribution >= 4 is 17.1 Å². The van der Waals surface area contributed by atoms with E-state index >= 15 is 0 Å². The van der Waals surface area contributed by atoms with Gasteiger partial charge in [0.15, 0.2) is 5.65 Å². The fraction of sp³-hybridized carbons (Fsp3) is 0.545. The maximum atomic E-state index is 9.21. The molecule has 0 aromatic carbocycles. The number of aliphatic hydroxyl groups is 1. The summed E-state index contributed by atoms with van der Waals surface area (Å²) in [4.78, 5) is 12.3. The molecule has 96 valence electrons. The maximum Gasteiger partial charge on any atom is 0.222 e. The van der Waals surface area contributed by atoms with Crippen molar-refractivity contribution in [3.63, 3.8) is 0 Å². The van der Waals surface area contributed by atoms with Gasteiger partial charge in [-0.2, -0.15) is 4.98 Å². The standard InChI is InChI=1S/C11H15N5O2/c1-6-2-9(18-8(6)4-17)16-5-14-7-3-13-11(12)15-10(7)16/h3,5-6,8-9,17H,2,4H2,1H3,(H2,12,13,15)/t6?,8-,9+/m1/s1. The first-order valence-electron chi connectivity index (χ1n) is 5.90. The first-order chi connectivity index (χ1) is 8.69. The van der Waals surface area contributed by atoms with E-state index in [9.17, 15) is 5.11 Å². The van der Waals surface area contributed by atoms with Crippen molar-refractivity contribution in [2.75, 3.05) is 12.3 Å². The number of nitrogens with zero attached hydrogens (tertiary/aromatic N) is 4. The molecule has 0 radical (unpaired) electrons. The number of ether oxygens (including phenoxy) is 1. The van der Waals surface area contributed by atoms with Crippen LogP contribution in [0, 0.1) is 5.92 Å². The van der Waals surface area contributed by atoms with Crippen molar-refractivity contribution in [1.82, 2.24) is 19.5 Å². The Balaban J connectivity index is 1.98. The molecule has 2 aromatic rings. The molecule has 7 nitrogen and oxygen atoms in total. The Morgan fingerprint density at radius 3 is 3.11 bits per heavy atom. The van der Waals surface area contributed by atoms with E-state index in [2.05, 4.69) is 21.9 Å². The second-order valence-electron chi connectivity index (χ2n) is 4.61.